The molecule has 0 radical (unpaired) electrons. The summed E-state index contributed by atoms with van der Waals surface area (Å²) in [7, 11) is 0. The molecular weight excluding hydrogens is 288 g/mol. The molecule has 1 fully saturated rings. The summed E-state index contributed by atoms with van der Waals surface area (Å²) in [5.41, 5.74) is 2.02. The van der Waals surface area contributed by atoms with Crippen LogP contribution in [0, 0.1) is 0 Å². The van der Waals surface area contributed by atoms with Crippen molar-refractivity contribution in [2.24, 2.45) is 0 Å². The summed E-state index contributed by atoms with van der Waals surface area (Å²) < 4.78 is 0. The van der Waals surface area contributed by atoms with Crippen molar-refractivity contribution in [1.29, 1.82) is 0 Å². The van der Waals surface area contributed by atoms with E-state index in [4.69, 9.17) is 11.6 Å². The second-order valence-electron chi connectivity index (χ2n) is 5.51. The largest absolute Gasteiger partial charge is 0.342 e. The van der Waals surface area contributed by atoms with Crippen LogP contribution >= 0.6 is 11.6 Å². The average Bonchev–Trinajstić information content (AvgIpc) is 2.50. The van der Waals surface area contributed by atoms with Gasteiger partial charge in [0, 0.05) is 12.1 Å². The summed E-state index contributed by atoms with van der Waals surface area (Å²) in [6.45, 7) is 5.62. The average molecular weight is 307 g/mol. The molecule has 1 aromatic rings. The third kappa shape index (κ3) is 2.68. The van der Waals surface area contributed by atoms with Crippen LogP contribution in [0.5, 0.6) is 0 Å². The van der Waals surface area contributed by atoms with Gasteiger partial charge in [0.15, 0.2) is 0 Å². The van der Waals surface area contributed by atoms with Gasteiger partial charge < -0.3 is 10.2 Å². The Hall–Kier alpha value is -1.81. The fourth-order valence-corrected chi connectivity index (χ4v) is 2.61. The summed E-state index contributed by atoms with van der Waals surface area (Å²) in [5.74, 6) is -0.290. The van der Waals surface area contributed by atoms with Crippen LogP contribution in [0.2, 0.25) is 0 Å². The van der Waals surface area contributed by atoms with Gasteiger partial charge in [-0.1, -0.05) is 41.9 Å². The number of carbonyl (C=O) groups excluding carboxylic acids is 2. The van der Waals surface area contributed by atoms with Gasteiger partial charge in [0.25, 0.3) is 5.91 Å². The summed E-state index contributed by atoms with van der Waals surface area (Å²) >= 11 is 5.73. The molecule has 2 rings (SSSR count). The number of benzene rings is 1. The topological polar surface area (TPSA) is 49.4 Å². The van der Waals surface area contributed by atoms with Crippen LogP contribution in [-0.4, -0.2) is 29.3 Å². The van der Waals surface area contributed by atoms with Gasteiger partial charge in [0.1, 0.15) is 11.6 Å². The molecule has 1 N–H and O–H groups in total. The van der Waals surface area contributed by atoms with Crippen LogP contribution in [0.3, 0.4) is 0 Å². The van der Waals surface area contributed by atoms with E-state index in [9.17, 15) is 9.59 Å². The van der Waals surface area contributed by atoms with Gasteiger partial charge in [-0.3, -0.25) is 9.59 Å². The van der Waals surface area contributed by atoms with Gasteiger partial charge in [0.05, 0.1) is 0 Å². The molecule has 2 unspecified atom stereocenters. The van der Waals surface area contributed by atoms with Crippen molar-refractivity contribution in [2.75, 3.05) is 6.54 Å². The highest BCUT2D eigenvalue weighted by atomic mass is 35.5. The number of nitrogens with one attached hydrogen (secondary N) is 1. The zero-order valence-electron chi connectivity index (χ0n) is 12.4. The predicted octanol–water partition coefficient (Wildman–Crippen LogP) is 2.39. The summed E-state index contributed by atoms with van der Waals surface area (Å²) in [4.78, 5) is 26.7. The molecule has 21 heavy (non-hydrogen) atoms. The van der Waals surface area contributed by atoms with Gasteiger partial charge in [-0.2, -0.15) is 0 Å². The molecule has 2 atom stereocenters. The van der Waals surface area contributed by atoms with E-state index in [2.05, 4.69) is 5.32 Å². The molecular formula is C16H19ClN2O2. The Morgan fingerprint density at radius 3 is 2.57 bits per heavy atom. The number of nitrogens with zero attached hydrogens (tertiary/aromatic N) is 1. The van der Waals surface area contributed by atoms with Crippen LogP contribution < -0.4 is 5.32 Å². The summed E-state index contributed by atoms with van der Waals surface area (Å²) in [6.07, 6.45) is 0. The minimum absolute atomic E-state index is 0.112. The number of amides is 2. The highest BCUT2D eigenvalue weighted by molar-refractivity contribution is 6.25. The lowest BCUT2D eigenvalue weighted by Crippen LogP contribution is -2.67. The first kappa shape index (κ1) is 15.6. The van der Waals surface area contributed by atoms with E-state index >= 15 is 0 Å². The summed E-state index contributed by atoms with van der Waals surface area (Å²) in [5, 5.41) is 2.76. The molecule has 0 aromatic heterocycles. The zero-order chi connectivity index (χ0) is 15.6. The molecule has 1 aliphatic rings. The Bertz CT molecular complexity index is 585. The molecule has 0 spiro atoms. The number of carbonyl (C=O) groups is 2. The molecule has 4 nitrogen and oxygen atoms in total. The van der Waals surface area contributed by atoms with E-state index in [1.165, 1.54) is 5.54 Å². The minimum Gasteiger partial charge on any atom is -0.342 e. The number of piperazine rings is 1. The molecule has 112 valence electrons. The summed E-state index contributed by atoms with van der Waals surface area (Å²) in [6, 6.07) is 8.78. The van der Waals surface area contributed by atoms with Crippen LogP contribution in [0.4, 0.5) is 0 Å². The number of rotatable bonds is 3. The van der Waals surface area contributed by atoms with E-state index in [-0.39, 0.29) is 11.8 Å². The Morgan fingerprint density at radius 1 is 1.38 bits per heavy atom. The van der Waals surface area contributed by atoms with Crippen LogP contribution in [0.25, 0.3) is 0 Å². The molecule has 5 heteroatoms. The monoisotopic (exact) mass is 306 g/mol. The molecule has 1 heterocycles. The third-order valence-corrected chi connectivity index (χ3v) is 4.27. The van der Waals surface area contributed by atoms with Crippen molar-refractivity contribution < 1.29 is 9.59 Å². The minimum atomic E-state index is -1.04. The van der Waals surface area contributed by atoms with Crippen molar-refractivity contribution in [1.82, 2.24) is 10.2 Å². The first-order chi connectivity index (χ1) is 9.91. The van der Waals surface area contributed by atoms with E-state index in [1.807, 2.05) is 37.3 Å². The van der Waals surface area contributed by atoms with E-state index in [0.29, 0.717) is 6.54 Å². The Labute approximate surface area is 129 Å². The number of hydrogen-bond donors (Lipinski definition) is 1. The fourth-order valence-electron chi connectivity index (χ4n) is 2.55. The molecule has 2 amide bonds. The smallest absolute Gasteiger partial charge is 0.251 e. The Balaban J connectivity index is 2.52. The van der Waals surface area contributed by atoms with Gasteiger partial charge >= 0.3 is 0 Å². The number of hydrogen-bond acceptors (Lipinski definition) is 2. The van der Waals surface area contributed by atoms with Crippen molar-refractivity contribution in [3.8, 4) is 0 Å². The molecule has 1 saturated heterocycles. The van der Waals surface area contributed by atoms with Crippen LogP contribution in [-0.2, 0) is 15.1 Å². The van der Waals surface area contributed by atoms with E-state index in [1.54, 1.807) is 18.7 Å². The van der Waals surface area contributed by atoms with Gasteiger partial charge in [-0.05, 0) is 31.9 Å². The molecule has 1 aliphatic heterocycles. The predicted molar refractivity (Wildman–Crippen MR) is 82.7 cm³/mol. The standard InChI is InChI=1S/C16H19ClN2O2/c1-11(9-17)10-19-14(20)12(2)18-15(21)16(19,3)13-7-5-4-6-8-13/h4-9,12H,10H2,1-3H3,(H,18,21)/b11-9+. The molecule has 1 aromatic carbocycles. The lowest BCUT2D eigenvalue weighted by molar-refractivity contribution is -0.156. The second kappa shape index (κ2) is 5.90. The van der Waals surface area contributed by atoms with Crippen molar-refractivity contribution in [3.05, 3.63) is 47.0 Å². The molecule has 0 aliphatic carbocycles. The third-order valence-electron chi connectivity index (χ3n) is 3.90. The molecule has 0 saturated carbocycles. The van der Waals surface area contributed by atoms with Crippen molar-refractivity contribution in [2.45, 2.75) is 32.4 Å². The normalized spacial score (nSPS) is 26.8. The molecule has 0 bridgehead atoms. The lowest BCUT2D eigenvalue weighted by Gasteiger charge is -2.46. The Kier molecular flexibility index (Phi) is 4.37. The lowest BCUT2D eigenvalue weighted by atomic mass is 9.85. The van der Waals surface area contributed by atoms with Crippen LogP contribution in [0.15, 0.2) is 41.4 Å². The van der Waals surface area contributed by atoms with Gasteiger partial charge in [0.2, 0.25) is 5.91 Å². The van der Waals surface area contributed by atoms with E-state index in [0.717, 1.165) is 11.1 Å². The maximum atomic E-state index is 12.6. The SMILES string of the molecule is C/C(=C\Cl)CN1C(=O)C(C)NC(=O)C1(C)c1ccccc1. The number of halogens is 1. The fraction of sp³-hybridized carbons (Fsp3) is 0.375. The second-order valence-corrected chi connectivity index (χ2v) is 5.73. The highest BCUT2D eigenvalue weighted by Crippen LogP contribution is 2.33. The van der Waals surface area contributed by atoms with Gasteiger partial charge in [-0.25, -0.2) is 0 Å². The maximum absolute atomic E-state index is 12.6. The maximum Gasteiger partial charge on any atom is 0.251 e. The van der Waals surface area contributed by atoms with Gasteiger partial charge in [-0.15, -0.1) is 0 Å². The first-order valence-corrected chi connectivity index (χ1v) is 7.28. The van der Waals surface area contributed by atoms with Crippen molar-refractivity contribution in [3.63, 3.8) is 0 Å². The van der Waals surface area contributed by atoms with Crippen LogP contribution in [0.1, 0.15) is 26.3 Å². The van der Waals surface area contributed by atoms with E-state index < -0.39 is 11.6 Å². The highest BCUT2D eigenvalue weighted by Gasteiger charge is 2.49. The van der Waals surface area contributed by atoms with Crippen molar-refractivity contribution >= 4 is 23.4 Å². The Morgan fingerprint density at radius 2 is 2.00 bits per heavy atom. The zero-order valence-corrected chi connectivity index (χ0v) is 13.1. The quantitative estimate of drug-likeness (QED) is 0.932. The first-order valence-electron chi connectivity index (χ1n) is 6.85.